The second kappa shape index (κ2) is 11.0. The second-order valence-electron chi connectivity index (χ2n) is 7.68. The first-order valence-electron chi connectivity index (χ1n) is 12.3. The fourth-order valence-corrected chi connectivity index (χ4v) is 3.40. The van der Waals surface area contributed by atoms with Gasteiger partial charge in [-0.1, -0.05) is 0 Å². The third-order valence-corrected chi connectivity index (χ3v) is 5.04. The highest BCUT2D eigenvalue weighted by Gasteiger charge is 2.31. The predicted octanol–water partition coefficient (Wildman–Crippen LogP) is 5.33. The number of nitrogens with one attached hydrogen (secondary N) is 1. The van der Waals surface area contributed by atoms with Crippen molar-refractivity contribution in [1.82, 2.24) is 9.97 Å². The van der Waals surface area contributed by atoms with Crippen LogP contribution in [0, 0.1) is 5.82 Å². The Bertz CT molecular complexity index is 1640. The molecule has 13 heteroatoms. The number of pyridine rings is 2. The number of anilines is 1. The largest absolute Gasteiger partial charge is 0.573 e. The van der Waals surface area contributed by atoms with Gasteiger partial charge in [0.2, 0.25) is 0 Å². The van der Waals surface area contributed by atoms with Crippen molar-refractivity contribution < 1.29 is 45.5 Å². The Kier molecular flexibility index (Phi) is 6.50. The number of methoxy groups -OCH3 is 1. The number of halogens is 4. The molecule has 3 N–H and O–H groups in total. The number of carbonyl (C=O) groups is 2. The molecule has 0 saturated heterocycles. The first kappa shape index (κ1) is 23.0. The third-order valence-electron chi connectivity index (χ3n) is 5.04. The highest BCUT2D eigenvalue weighted by atomic mass is 19.4. The third kappa shape index (κ3) is 6.57. The maximum Gasteiger partial charge on any atom is 0.573 e. The quantitative estimate of drug-likeness (QED) is 0.287. The van der Waals surface area contributed by atoms with Crippen molar-refractivity contribution in [3.8, 4) is 34.1 Å². The molecule has 200 valence electrons. The first-order chi connectivity index (χ1) is 19.7. The van der Waals surface area contributed by atoms with Crippen molar-refractivity contribution in [3.05, 3.63) is 90.3 Å². The molecule has 2 heterocycles. The predicted molar refractivity (Wildman–Crippen MR) is 130 cm³/mol. The van der Waals surface area contributed by atoms with Crippen LogP contribution in [0.1, 0.15) is 25.0 Å². The van der Waals surface area contributed by atoms with Gasteiger partial charge in [-0.2, -0.15) is 0 Å². The van der Waals surface area contributed by atoms with Gasteiger partial charge in [-0.05, 0) is 59.7 Å². The van der Waals surface area contributed by atoms with Gasteiger partial charge in [-0.15, -0.1) is 13.2 Å². The second-order valence-corrected chi connectivity index (χ2v) is 7.68. The molecule has 0 aliphatic heterocycles. The van der Waals surface area contributed by atoms with Gasteiger partial charge in [0.25, 0.3) is 11.8 Å². The molecule has 0 aliphatic carbocycles. The molecule has 4 aromatic rings. The summed E-state index contributed by atoms with van der Waals surface area (Å²) in [4.78, 5) is 32.4. The average Bonchev–Trinajstić information content (AvgIpc) is 2.88. The van der Waals surface area contributed by atoms with Crippen LogP contribution in [0.5, 0.6) is 23.0 Å². The van der Waals surface area contributed by atoms with E-state index < -0.39 is 59.6 Å². The van der Waals surface area contributed by atoms with Gasteiger partial charge < -0.3 is 25.3 Å². The van der Waals surface area contributed by atoms with Crippen LogP contribution in [0.4, 0.5) is 23.2 Å². The molecule has 4 rings (SSSR count). The summed E-state index contributed by atoms with van der Waals surface area (Å²) in [6.45, 7) is 0. The Morgan fingerprint density at radius 1 is 0.949 bits per heavy atom. The number of hydrogen-bond donors (Lipinski definition) is 2. The zero-order chi connectivity index (χ0) is 30.7. The fourth-order valence-electron chi connectivity index (χ4n) is 3.40. The minimum Gasteiger partial charge on any atom is -0.493 e. The molecule has 0 aliphatic rings. The minimum atomic E-state index is -5.10. The molecule has 0 saturated carbocycles. The van der Waals surface area contributed by atoms with E-state index in [0.717, 1.165) is 24.3 Å². The summed E-state index contributed by atoms with van der Waals surface area (Å²) in [5.74, 6) is -5.55. The Hall–Kier alpha value is -5.20. The van der Waals surface area contributed by atoms with Crippen LogP contribution < -0.4 is 25.3 Å². The number of primary amides is 1. The van der Waals surface area contributed by atoms with Gasteiger partial charge in [0.05, 0.1) is 11.2 Å². The van der Waals surface area contributed by atoms with Gasteiger partial charge in [0.15, 0.2) is 11.5 Å². The minimum absolute atomic E-state index is 0.0208. The molecular formula is C26H18F4N4O5. The molecule has 0 atom stereocenters. The Morgan fingerprint density at radius 3 is 2.41 bits per heavy atom. The zero-order valence-corrected chi connectivity index (χ0v) is 19.5. The van der Waals surface area contributed by atoms with E-state index in [2.05, 4.69) is 20.0 Å². The van der Waals surface area contributed by atoms with Crippen molar-refractivity contribution in [2.24, 2.45) is 5.73 Å². The van der Waals surface area contributed by atoms with Gasteiger partial charge >= 0.3 is 6.36 Å². The van der Waals surface area contributed by atoms with E-state index in [1.165, 1.54) is 42.9 Å². The van der Waals surface area contributed by atoms with Crippen LogP contribution in [-0.2, 0) is 0 Å². The topological polar surface area (TPSA) is 126 Å². The van der Waals surface area contributed by atoms with Crippen LogP contribution in [-0.4, -0.2) is 35.2 Å². The van der Waals surface area contributed by atoms with Gasteiger partial charge in [0, 0.05) is 30.3 Å². The SMILES string of the molecule is [2H]C([2H])([2H])Oc1cc(OC(F)(F)F)ccc1Oc1cc(-c2ccncc2)cc(F)c1C(=O)Nc1ccnc(C(N)=O)c1. The summed E-state index contributed by atoms with van der Waals surface area (Å²) >= 11 is 0. The first-order valence-corrected chi connectivity index (χ1v) is 10.8. The number of ether oxygens (including phenoxy) is 3. The summed E-state index contributed by atoms with van der Waals surface area (Å²) in [6.07, 6.45) is -1.07. The Morgan fingerprint density at radius 2 is 1.72 bits per heavy atom. The molecule has 2 aromatic carbocycles. The number of rotatable bonds is 8. The molecule has 0 bridgehead atoms. The van der Waals surface area contributed by atoms with E-state index in [1.54, 1.807) is 0 Å². The molecular weight excluding hydrogens is 524 g/mol. The Labute approximate surface area is 222 Å². The molecule has 0 unspecified atom stereocenters. The maximum absolute atomic E-state index is 15.6. The summed E-state index contributed by atoms with van der Waals surface area (Å²) < 4.78 is 90.4. The van der Waals surface area contributed by atoms with E-state index >= 15 is 4.39 Å². The number of nitrogens with zero attached hydrogens (tertiary/aromatic N) is 2. The normalized spacial score (nSPS) is 12.5. The molecule has 9 nitrogen and oxygen atoms in total. The van der Waals surface area contributed by atoms with Crippen molar-refractivity contribution in [3.63, 3.8) is 0 Å². The lowest BCUT2D eigenvalue weighted by atomic mass is 10.0. The van der Waals surface area contributed by atoms with E-state index in [4.69, 9.17) is 19.3 Å². The number of nitrogens with two attached hydrogens (primary N) is 1. The van der Waals surface area contributed by atoms with Crippen LogP contribution in [0.25, 0.3) is 11.1 Å². The standard InChI is InChI=1S/C26H18F4N4O5/c1-37-21-13-17(39-26(28,29)30)2-3-20(21)38-22-11-15(14-4-7-32-8-5-14)10-18(27)23(22)25(36)34-16-6-9-33-19(12-16)24(31)35/h2-13H,1H3,(H2,31,35)(H,33,34,36)/i1D3. The van der Waals surface area contributed by atoms with Crippen molar-refractivity contribution in [2.75, 3.05) is 12.4 Å². The van der Waals surface area contributed by atoms with E-state index in [1.807, 2.05) is 0 Å². The number of aromatic nitrogens is 2. The van der Waals surface area contributed by atoms with Crippen LogP contribution in [0.2, 0.25) is 0 Å². The van der Waals surface area contributed by atoms with E-state index in [0.29, 0.717) is 11.6 Å². The molecule has 0 spiro atoms. The monoisotopic (exact) mass is 545 g/mol. The van der Waals surface area contributed by atoms with Gasteiger partial charge in [-0.25, -0.2) is 4.39 Å². The van der Waals surface area contributed by atoms with Crippen molar-refractivity contribution >= 4 is 17.5 Å². The highest BCUT2D eigenvalue weighted by Crippen LogP contribution is 2.39. The number of benzene rings is 2. The number of hydrogen-bond acceptors (Lipinski definition) is 7. The summed E-state index contributed by atoms with van der Waals surface area (Å²) in [7, 11) is -3.14. The van der Waals surface area contributed by atoms with Gasteiger partial charge in [0.1, 0.15) is 28.6 Å². The number of alkyl halides is 3. The molecule has 0 radical (unpaired) electrons. The molecule has 0 fully saturated rings. The molecule has 2 amide bonds. The summed E-state index contributed by atoms with van der Waals surface area (Å²) in [5.41, 5.74) is 5.02. The lowest BCUT2D eigenvalue weighted by Gasteiger charge is -2.17. The summed E-state index contributed by atoms with van der Waals surface area (Å²) in [5, 5.41) is 2.38. The van der Waals surface area contributed by atoms with Crippen LogP contribution in [0.15, 0.2) is 73.2 Å². The molecule has 39 heavy (non-hydrogen) atoms. The zero-order valence-electron chi connectivity index (χ0n) is 22.5. The Balaban J connectivity index is 1.81. The van der Waals surface area contributed by atoms with E-state index in [9.17, 15) is 22.8 Å². The van der Waals surface area contributed by atoms with Crippen molar-refractivity contribution in [1.29, 1.82) is 0 Å². The molecule has 2 aromatic heterocycles. The lowest BCUT2D eigenvalue weighted by Crippen LogP contribution is -2.17. The van der Waals surface area contributed by atoms with Crippen LogP contribution in [0.3, 0.4) is 0 Å². The van der Waals surface area contributed by atoms with Gasteiger partial charge in [-0.3, -0.25) is 19.6 Å². The average molecular weight is 545 g/mol. The number of amides is 2. The van der Waals surface area contributed by atoms with Crippen molar-refractivity contribution in [2.45, 2.75) is 6.36 Å². The lowest BCUT2D eigenvalue weighted by molar-refractivity contribution is -0.274. The van der Waals surface area contributed by atoms with Crippen LogP contribution >= 0.6 is 0 Å². The van der Waals surface area contributed by atoms with E-state index in [-0.39, 0.29) is 16.9 Å². The summed E-state index contributed by atoms with van der Waals surface area (Å²) in [6, 6.07) is 10.1. The highest BCUT2D eigenvalue weighted by molar-refractivity contribution is 6.07. The number of carbonyl (C=O) groups excluding carboxylic acids is 2. The fraction of sp³-hybridized carbons (Fsp3) is 0.0769. The maximum atomic E-state index is 15.6. The smallest absolute Gasteiger partial charge is 0.493 e.